The molecule has 1 amide bonds. The van der Waals surface area contributed by atoms with E-state index in [1.54, 1.807) is 6.07 Å². The van der Waals surface area contributed by atoms with Crippen molar-refractivity contribution in [2.24, 2.45) is 0 Å². The van der Waals surface area contributed by atoms with Crippen molar-refractivity contribution in [3.8, 4) is 12.1 Å². The minimum Gasteiger partial charge on any atom is -0.326 e. The molecule has 2 N–H and O–H groups in total. The van der Waals surface area contributed by atoms with E-state index in [0.29, 0.717) is 30.3 Å². The molecule has 0 aliphatic heterocycles. The van der Waals surface area contributed by atoms with Gasteiger partial charge >= 0.3 is 0 Å². The first-order valence-corrected chi connectivity index (χ1v) is 6.04. The molecule has 0 spiro atoms. The fourth-order valence-electron chi connectivity index (χ4n) is 1.51. The number of nitrogens with zero attached hydrogens (tertiary/aromatic N) is 2. The lowest BCUT2D eigenvalue weighted by Crippen LogP contribution is -2.27. The van der Waals surface area contributed by atoms with Crippen molar-refractivity contribution >= 4 is 11.6 Å². The van der Waals surface area contributed by atoms with Gasteiger partial charge in [-0.3, -0.25) is 4.79 Å². The van der Waals surface area contributed by atoms with Crippen LogP contribution < -0.4 is 10.6 Å². The molecule has 0 aromatic heterocycles. The van der Waals surface area contributed by atoms with Gasteiger partial charge in [0.15, 0.2) is 0 Å². The lowest BCUT2D eigenvalue weighted by molar-refractivity contribution is -0.116. The summed E-state index contributed by atoms with van der Waals surface area (Å²) in [5, 5.41) is 23.5. The van der Waals surface area contributed by atoms with Crippen molar-refractivity contribution in [1.82, 2.24) is 5.32 Å². The second-order valence-corrected chi connectivity index (χ2v) is 4.39. The minimum absolute atomic E-state index is 0.123. The largest absolute Gasteiger partial charge is 0.326 e. The molecule has 1 aromatic carbocycles. The van der Waals surface area contributed by atoms with Crippen molar-refractivity contribution in [1.29, 1.82) is 10.5 Å². The van der Waals surface area contributed by atoms with E-state index < -0.39 is 0 Å². The van der Waals surface area contributed by atoms with E-state index in [0.717, 1.165) is 0 Å². The summed E-state index contributed by atoms with van der Waals surface area (Å²) in [7, 11) is 0. The van der Waals surface area contributed by atoms with Crippen LogP contribution in [0.4, 0.5) is 5.69 Å². The first-order valence-electron chi connectivity index (χ1n) is 6.04. The van der Waals surface area contributed by atoms with Gasteiger partial charge in [-0.05, 0) is 18.2 Å². The molecule has 0 unspecified atom stereocenters. The third kappa shape index (κ3) is 4.79. The summed E-state index contributed by atoms with van der Waals surface area (Å²) < 4.78 is 0. The van der Waals surface area contributed by atoms with Gasteiger partial charge in [-0.25, -0.2) is 0 Å². The van der Waals surface area contributed by atoms with Crippen LogP contribution in [0.15, 0.2) is 18.2 Å². The summed E-state index contributed by atoms with van der Waals surface area (Å²) in [6.07, 6.45) is 0.361. The topological polar surface area (TPSA) is 88.7 Å². The Bertz CT molecular complexity index is 537. The number of rotatable bonds is 5. The summed E-state index contributed by atoms with van der Waals surface area (Å²) >= 11 is 0. The van der Waals surface area contributed by atoms with E-state index in [1.807, 2.05) is 26.0 Å². The molecule has 0 aliphatic rings. The first-order chi connectivity index (χ1) is 9.06. The number of hydrogen-bond acceptors (Lipinski definition) is 4. The Hall–Kier alpha value is -2.37. The van der Waals surface area contributed by atoms with Crippen LogP contribution in [0.2, 0.25) is 0 Å². The highest BCUT2D eigenvalue weighted by Gasteiger charge is 2.06. The second-order valence-electron chi connectivity index (χ2n) is 4.39. The highest BCUT2D eigenvalue weighted by atomic mass is 16.1. The monoisotopic (exact) mass is 256 g/mol. The van der Waals surface area contributed by atoms with E-state index in [2.05, 4.69) is 10.6 Å². The highest BCUT2D eigenvalue weighted by Crippen LogP contribution is 2.14. The third-order valence-corrected chi connectivity index (χ3v) is 2.45. The Morgan fingerprint density at radius 3 is 2.53 bits per heavy atom. The number of amides is 1. The molecule has 0 heterocycles. The average molecular weight is 256 g/mol. The lowest BCUT2D eigenvalue weighted by atomic mass is 10.1. The van der Waals surface area contributed by atoms with Gasteiger partial charge < -0.3 is 10.6 Å². The number of anilines is 1. The van der Waals surface area contributed by atoms with E-state index in [-0.39, 0.29) is 11.5 Å². The molecule has 0 saturated heterocycles. The fourth-order valence-corrected chi connectivity index (χ4v) is 1.51. The lowest BCUT2D eigenvalue weighted by Gasteiger charge is -2.09. The van der Waals surface area contributed by atoms with Crippen molar-refractivity contribution in [3.05, 3.63) is 29.3 Å². The number of hydrogen-bond donors (Lipinski definition) is 2. The van der Waals surface area contributed by atoms with Crippen molar-refractivity contribution in [2.75, 3.05) is 11.9 Å². The minimum atomic E-state index is -0.123. The molecule has 1 rings (SSSR count). The summed E-state index contributed by atoms with van der Waals surface area (Å²) in [5.74, 6) is -0.123. The standard InChI is InChI=1S/C14H16N4O/c1-10(2)17-6-5-14(19)18-13-4-3-11(8-15)12(7-13)9-16/h3-4,7,10,17H,5-6H2,1-2H3,(H,18,19). The molecular formula is C14H16N4O. The molecule has 1 aromatic rings. The number of nitriles is 2. The van der Waals surface area contributed by atoms with Crippen LogP contribution in [-0.4, -0.2) is 18.5 Å². The van der Waals surface area contributed by atoms with Crippen LogP contribution in [-0.2, 0) is 4.79 Å². The second kappa shape index (κ2) is 7.15. The maximum absolute atomic E-state index is 11.6. The molecule has 98 valence electrons. The van der Waals surface area contributed by atoms with Gasteiger partial charge in [-0.15, -0.1) is 0 Å². The normalized spacial score (nSPS) is 9.74. The van der Waals surface area contributed by atoms with E-state index in [1.165, 1.54) is 12.1 Å². The molecular weight excluding hydrogens is 240 g/mol. The fraction of sp³-hybridized carbons (Fsp3) is 0.357. The number of carbonyl (C=O) groups excluding carboxylic acids is 1. The zero-order chi connectivity index (χ0) is 14.3. The first kappa shape index (κ1) is 14.7. The van der Waals surface area contributed by atoms with Crippen LogP contribution >= 0.6 is 0 Å². The Kier molecular flexibility index (Phi) is 5.53. The molecule has 0 radical (unpaired) electrons. The number of carbonyl (C=O) groups is 1. The van der Waals surface area contributed by atoms with Gasteiger partial charge in [0.05, 0.1) is 11.1 Å². The molecule has 0 fully saturated rings. The maximum Gasteiger partial charge on any atom is 0.225 e. The number of nitrogens with one attached hydrogen (secondary N) is 2. The quantitative estimate of drug-likeness (QED) is 0.840. The number of benzene rings is 1. The molecule has 5 heteroatoms. The molecule has 19 heavy (non-hydrogen) atoms. The molecule has 0 saturated carbocycles. The highest BCUT2D eigenvalue weighted by molar-refractivity contribution is 5.91. The summed E-state index contributed by atoms with van der Waals surface area (Å²) in [5.41, 5.74) is 1.10. The van der Waals surface area contributed by atoms with Crippen molar-refractivity contribution < 1.29 is 4.79 Å². The third-order valence-electron chi connectivity index (χ3n) is 2.45. The Morgan fingerprint density at radius 1 is 1.26 bits per heavy atom. The Balaban J connectivity index is 2.61. The SMILES string of the molecule is CC(C)NCCC(=O)Nc1ccc(C#N)c(C#N)c1. The summed E-state index contributed by atoms with van der Waals surface area (Å²) in [6, 6.07) is 8.85. The zero-order valence-corrected chi connectivity index (χ0v) is 11.0. The van der Waals surface area contributed by atoms with Crippen LogP contribution in [0.5, 0.6) is 0 Å². The summed E-state index contributed by atoms with van der Waals surface area (Å²) in [6.45, 7) is 4.63. The van der Waals surface area contributed by atoms with Gasteiger partial charge in [0.2, 0.25) is 5.91 Å². The van der Waals surface area contributed by atoms with Gasteiger partial charge in [-0.1, -0.05) is 13.8 Å². The average Bonchev–Trinajstić information content (AvgIpc) is 2.38. The Labute approximate surface area is 112 Å². The zero-order valence-electron chi connectivity index (χ0n) is 11.0. The van der Waals surface area contributed by atoms with Crippen LogP contribution in [0.3, 0.4) is 0 Å². The molecule has 5 nitrogen and oxygen atoms in total. The van der Waals surface area contributed by atoms with Crippen LogP contribution in [0.25, 0.3) is 0 Å². The maximum atomic E-state index is 11.6. The van der Waals surface area contributed by atoms with E-state index >= 15 is 0 Å². The van der Waals surface area contributed by atoms with Gasteiger partial charge in [0, 0.05) is 24.7 Å². The summed E-state index contributed by atoms with van der Waals surface area (Å²) in [4.78, 5) is 11.6. The predicted molar refractivity (Wildman–Crippen MR) is 72.3 cm³/mol. The van der Waals surface area contributed by atoms with Crippen LogP contribution in [0, 0.1) is 22.7 Å². The van der Waals surface area contributed by atoms with Crippen LogP contribution in [0.1, 0.15) is 31.4 Å². The smallest absolute Gasteiger partial charge is 0.225 e. The van der Waals surface area contributed by atoms with E-state index in [4.69, 9.17) is 10.5 Å². The molecule has 0 aliphatic carbocycles. The van der Waals surface area contributed by atoms with E-state index in [9.17, 15) is 4.79 Å². The molecule has 0 atom stereocenters. The van der Waals surface area contributed by atoms with Crippen molar-refractivity contribution in [3.63, 3.8) is 0 Å². The molecule has 0 bridgehead atoms. The van der Waals surface area contributed by atoms with Gasteiger partial charge in [0.25, 0.3) is 0 Å². The predicted octanol–water partition coefficient (Wildman–Crippen LogP) is 1.76. The van der Waals surface area contributed by atoms with Crippen molar-refractivity contribution in [2.45, 2.75) is 26.3 Å². The van der Waals surface area contributed by atoms with Gasteiger partial charge in [0.1, 0.15) is 12.1 Å². The van der Waals surface area contributed by atoms with Gasteiger partial charge in [-0.2, -0.15) is 10.5 Å². The Morgan fingerprint density at radius 2 is 1.95 bits per heavy atom.